The van der Waals surface area contributed by atoms with Gasteiger partial charge in [-0.3, -0.25) is 0 Å². The molecule has 8 heteroatoms. The van der Waals surface area contributed by atoms with Gasteiger partial charge in [0.15, 0.2) is 0 Å². The SMILES string of the molecule is CS(=O)(=O)NCCNc1ncns1. The highest BCUT2D eigenvalue weighted by Gasteiger charge is 1.99. The summed E-state index contributed by atoms with van der Waals surface area (Å²) < 4.78 is 27.4. The molecule has 0 saturated heterocycles. The second-order valence-electron chi connectivity index (χ2n) is 2.34. The van der Waals surface area contributed by atoms with Crippen LogP contribution in [0.25, 0.3) is 0 Å². The van der Waals surface area contributed by atoms with Gasteiger partial charge in [0.2, 0.25) is 15.2 Å². The summed E-state index contributed by atoms with van der Waals surface area (Å²) in [6, 6.07) is 0. The lowest BCUT2D eigenvalue weighted by atomic mass is 10.7. The highest BCUT2D eigenvalue weighted by atomic mass is 32.2. The van der Waals surface area contributed by atoms with E-state index in [9.17, 15) is 8.42 Å². The molecule has 13 heavy (non-hydrogen) atoms. The molecule has 0 aromatic carbocycles. The van der Waals surface area contributed by atoms with Gasteiger partial charge in [-0.15, -0.1) is 0 Å². The summed E-state index contributed by atoms with van der Waals surface area (Å²) in [6.07, 6.45) is 2.56. The summed E-state index contributed by atoms with van der Waals surface area (Å²) in [4.78, 5) is 3.87. The molecule has 0 aliphatic carbocycles. The van der Waals surface area contributed by atoms with Crippen LogP contribution in [0.4, 0.5) is 5.13 Å². The van der Waals surface area contributed by atoms with Crippen molar-refractivity contribution in [1.29, 1.82) is 0 Å². The number of hydrogen-bond acceptors (Lipinski definition) is 6. The van der Waals surface area contributed by atoms with Gasteiger partial charge in [0.25, 0.3) is 0 Å². The summed E-state index contributed by atoms with van der Waals surface area (Å²) in [7, 11) is -3.09. The van der Waals surface area contributed by atoms with Crippen molar-refractivity contribution in [2.45, 2.75) is 0 Å². The molecule has 1 aromatic heterocycles. The Labute approximate surface area is 80.6 Å². The number of nitrogens with one attached hydrogen (secondary N) is 2. The molecule has 0 fully saturated rings. The highest BCUT2D eigenvalue weighted by Crippen LogP contribution is 2.04. The largest absolute Gasteiger partial charge is 0.359 e. The van der Waals surface area contributed by atoms with E-state index in [4.69, 9.17) is 0 Å². The Bertz CT molecular complexity index is 333. The summed E-state index contributed by atoms with van der Waals surface area (Å²) >= 11 is 1.23. The summed E-state index contributed by atoms with van der Waals surface area (Å²) in [6.45, 7) is 0.848. The molecule has 1 aromatic rings. The molecule has 0 amide bonds. The molecule has 0 unspecified atom stereocenters. The Morgan fingerprint density at radius 3 is 2.85 bits per heavy atom. The maximum Gasteiger partial charge on any atom is 0.208 e. The third kappa shape index (κ3) is 4.76. The van der Waals surface area contributed by atoms with E-state index in [0.29, 0.717) is 18.2 Å². The van der Waals surface area contributed by atoms with Crippen molar-refractivity contribution >= 4 is 26.7 Å². The fraction of sp³-hybridized carbons (Fsp3) is 0.600. The van der Waals surface area contributed by atoms with Crippen LogP contribution in [0.1, 0.15) is 0 Å². The van der Waals surface area contributed by atoms with E-state index >= 15 is 0 Å². The fourth-order valence-electron chi connectivity index (χ4n) is 0.657. The van der Waals surface area contributed by atoms with Gasteiger partial charge in [0.1, 0.15) is 6.33 Å². The zero-order valence-corrected chi connectivity index (χ0v) is 8.65. The standard InChI is InChI=1S/C5H10N4O2S2/c1-13(10,11)9-3-2-6-5-7-4-8-12-5/h4,9H,2-3H2,1H3,(H,6,7,8). The number of anilines is 1. The third-order valence-corrected chi connectivity index (χ3v) is 2.48. The van der Waals surface area contributed by atoms with Gasteiger partial charge in [-0.1, -0.05) is 0 Å². The van der Waals surface area contributed by atoms with Gasteiger partial charge in [-0.25, -0.2) is 18.1 Å². The molecule has 0 radical (unpaired) electrons. The summed E-state index contributed by atoms with van der Waals surface area (Å²) in [5, 5.41) is 3.61. The van der Waals surface area contributed by atoms with Gasteiger partial charge in [-0.2, -0.15) is 4.37 Å². The lowest BCUT2D eigenvalue weighted by Crippen LogP contribution is -2.27. The van der Waals surface area contributed by atoms with Crippen LogP contribution in [-0.4, -0.2) is 37.1 Å². The molecule has 0 aliphatic rings. The van der Waals surface area contributed by atoms with E-state index in [1.54, 1.807) is 0 Å². The zero-order chi connectivity index (χ0) is 9.73. The molecule has 0 bridgehead atoms. The third-order valence-electron chi connectivity index (χ3n) is 1.13. The van der Waals surface area contributed by atoms with Crippen LogP contribution >= 0.6 is 11.5 Å². The van der Waals surface area contributed by atoms with Crippen LogP contribution < -0.4 is 10.0 Å². The van der Waals surface area contributed by atoms with Crippen molar-refractivity contribution in [3.63, 3.8) is 0 Å². The molecule has 2 N–H and O–H groups in total. The van der Waals surface area contributed by atoms with Crippen LogP contribution in [0.5, 0.6) is 0 Å². The number of hydrogen-bond donors (Lipinski definition) is 2. The van der Waals surface area contributed by atoms with Gasteiger partial charge in [0.05, 0.1) is 6.26 Å². The normalized spacial score (nSPS) is 11.5. The molecule has 1 rings (SSSR count). The Kier molecular flexibility index (Phi) is 3.58. The Hall–Kier alpha value is -0.730. The lowest BCUT2D eigenvalue weighted by Gasteiger charge is -2.02. The van der Waals surface area contributed by atoms with Crippen molar-refractivity contribution in [2.24, 2.45) is 0 Å². The van der Waals surface area contributed by atoms with E-state index in [1.165, 1.54) is 17.9 Å². The Morgan fingerprint density at radius 1 is 1.54 bits per heavy atom. The van der Waals surface area contributed by atoms with Gasteiger partial charge >= 0.3 is 0 Å². The molecule has 0 spiro atoms. The minimum Gasteiger partial charge on any atom is -0.359 e. The summed E-state index contributed by atoms with van der Waals surface area (Å²) in [5.41, 5.74) is 0. The first-order valence-corrected chi connectivity index (χ1v) is 6.19. The van der Waals surface area contributed by atoms with E-state index < -0.39 is 10.0 Å². The Morgan fingerprint density at radius 2 is 2.31 bits per heavy atom. The molecular formula is C5H10N4O2S2. The average Bonchev–Trinajstić information content (AvgIpc) is 2.48. The zero-order valence-electron chi connectivity index (χ0n) is 7.02. The van der Waals surface area contributed by atoms with Gasteiger partial charge in [0, 0.05) is 24.6 Å². The number of sulfonamides is 1. The van der Waals surface area contributed by atoms with E-state index in [2.05, 4.69) is 19.4 Å². The van der Waals surface area contributed by atoms with Crippen LogP contribution in [-0.2, 0) is 10.0 Å². The predicted octanol–water partition coefficient (Wildman–Crippen LogP) is -0.501. The van der Waals surface area contributed by atoms with Crippen molar-refractivity contribution < 1.29 is 8.42 Å². The first-order chi connectivity index (χ1) is 6.08. The minimum absolute atomic E-state index is 0.346. The second-order valence-corrected chi connectivity index (χ2v) is 4.95. The average molecular weight is 222 g/mol. The predicted molar refractivity (Wildman–Crippen MR) is 51.2 cm³/mol. The van der Waals surface area contributed by atoms with Crippen LogP contribution in [0.15, 0.2) is 6.33 Å². The molecule has 6 nitrogen and oxygen atoms in total. The van der Waals surface area contributed by atoms with E-state index in [-0.39, 0.29) is 0 Å². The molecule has 0 saturated carbocycles. The quantitative estimate of drug-likeness (QED) is 0.656. The molecule has 1 heterocycles. The van der Waals surface area contributed by atoms with Crippen molar-refractivity contribution in [1.82, 2.24) is 14.1 Å². The van der Waals surface area contributed by atoms with Crippen LogP contribution in [0, 0.1) is 0 Å². The molecule has 0 aliphatic heterocycles. The van der Waals surface area contributed by atoms with Gasteiger partial charge in [-0.05, 0) is 0 Å². The lowest BCUT2D eigenvalue weighted by molar-refractivity contribution is 0.589. The monoisotopic (exact) mass is 222 g/mol. The van der Waals surface area contributed by atoms with E-state index in [1.807, 2.05) is 0 Å². The Balaban J connectivity index is 2.16. The maximum atomic E-state index is 10.6. The molecular weight excluding hydrogens is 212 g/mol. The topological polar surface area (TPSA) is 84.0 Å². The fourth-order valence-corrected chi connectivity index (χ4v) is 1.58. The smallest absolute Gasteiger partial charge is 0.208 e. The first kappa shape index (κ1) is 10.4. The number of rotatable bonds is 5. The first-order valence-electron chi connectivity index (χ1n) is 3.53. The second kappa shape index (κ2) is 4.49. The van der Waals surface area contributed by atoms with E-state index in [0.717, 1.165) is 6.26 Å². The molecule has 0 atom stereocenters. The van der Waals surface area contributed by atoms with Gasteiger partial charge < -0.3 is 5.32 Å². The summed E-state index contributed by atoms with van der Waals surface area (Å²) in [5.74, 6) is 0. The highest BCUT2D eigenvalue weighted by molar-refractivity contribution is 7.88. The van der Waals surface area contributed by atoms with Crippen molar-refractivity contribution in [3.8, 4) is 0 Å². The van der Waals surface area contributed by atoms with Crippen LogP contribution in [0.2, 0.25) is 0 Å². The molecule has 74 valence electrons. The van der Waals surface area contributed by atoms with Crippen molar-refractivity contribution in [2.75, 3.05) is 24.7 Å². The maximum absolute atomic E-state index is 10.6. The van der Waals surface area contributed by atoms with Crippen molar-refractivity contribution in [3.05, 3.63) is 6.33 Å². The minimum atomic E-state index is -3.09. The van der Waals surface area contributed by atoms with Crippen LogP contribution in [0.3, 0.4) is 0 Å². The number of nitrogens with zero attached hydrogens (tertiary/aromatic N) is 2. The number of aromatic nitrogens is 2.